The molecular formula is C29H29FN4O4. The van der Waals surface area contributed by atoms with Crippen LogP contribution in [0.3, 0.4) is 0 Å². The predicted molar refractivity (Wildman–Crippen MR) is 145 cm³/mol. The zero-order valence-electron chi connectivity index (χ0n) is 21.6. The van der Waals surface area contributed by atoms with E-state index in [9.17, 15) is 14.3 Å². The van der Waals surface area contributed by atoms with Crippen molar-refractivity contribution in [3.63, 3.8) is 0 Å². The van der Waals surface area contributed by atoms with Gasteiger partial charge in [-0.05, 0) is 69.8 Å². The standard InChI is InChI=1S/C25H20FN3O4.C4H9N/c1-5-16-18(26)7-6-14-10-15(30)11-17(19(14)16)22-13(3)21-20(24(31)33-22)23(28-25(27-21)32-4)29-9-8-12(29)2;1-2-4-5-3-1/h1,6-7,10-12,30H,8-9H2,2-4H3;5H,1-4H2. The molecule has 2 saturated heterocycles. The number of halogens is 1. The first kappa shape index (κ1) is 25.5. The predicted octanol–water partition coefficient (Wildman–Crippen LogP) is 4.51. The number of nitrogens with one attached hydrogen (secondary N) is 1. The third-order valence-electron chi connectivity index (χ3n) is 7.14. The molecule has 4 heterocycles. The van der Waals surface area contributed by atoms with Crippen molar-refractivity contribution in [2.24, 2.45) is 0 Å². The number of phenolic OH excluding ortho intramolecular Hbond substituents is 1. The van der Waals surface area contributed by atoms with Gasteiger partial charge in [-0.25, -0.2) is 9.18 Å². The van der Waals surface area contributed by atoms with Gasteiger partial charge in [0.05, 0.1) is 18.2 Å². The topological polar surface area (TPSA) is 101 Å². The van der Waals surface area contributed by atoms with E-state index in [-0.39, 0.29) is 34.5 Å². The summed E-state index contributed by atoms with van der Waals surface area (Å²) in [4.78, 5) is 24.1. The summed E-state index contributed by atoms with van der Waals surface area (Å²) in [6.07, 6.45) is 9.35. The zero-order valence-corrected chi connectivity index (χ0v) is 21.6. The lowest BCUT2D eigenvalue weighted by atomic mass is 9.95. The first-order valence-electron chi connectivity index (χ1n) is 12.6. The fourth-order valence-corrected chi connectivity index (χ4v) is 4.97. The number of anilines is 1. The highest BCUT2D eigenvalue weighted by Crippen LogP contribution is 2.39. The lowest BCUT2D eigenvalue weighted by molar-refractivity contribution is 0.379. The fraction of sp³-hybridized carbons (Fsp3) is 0.345. The number of aromatic hydroxyl groups is 1. The number of phenols is 1. The molecule has 2 aliphatic rings. The molecule has 2 fully saturated rings. The minimum absolute atomic E-state index is 0.0139. The Morgan fingerprint density at radius 3 is 2.58 bits per heavy atom. The van der Waals surface area contributed by atoms with Crippen molar-refractivity contribution in [3.8, 4) is 35.4 Å². The van der Waals surface area contributed by atoms with Crippen LogP contribution in [-0.4, -0.2) is 47.9 Å². The monoisotopic (exact) mass is 516 g/mol. The number of hydrogen-bond acceptors (Lipinski definition) is 8. The van der Waals surface area contributed by atoms with E-state index in [1.54, 1.807) is 6.92 Å². The van der Waals surface area contributed by atoms with Crippen LogP contribution in [0, 0.1) is 25.1 Å². The molecule has 0 amide bonds. The summed E-state index contributed by atoms with van der Waals surface area (Å²) >= 11 is 0. The quantitative estimate of drug-likeness (QED) is 0.384. The number of ether oxygens (including phenoxy) is 1. The summed E-state index contributed by atoms with van der Waals surface area (Å²) in [6, 6.07) is 5.95. The van der Waals surface area contributed by atoms with Gasteiger partial charge < -0.3 is 24.5 Å². The van der Waals surface area contributed by atoms with E-state index >= 15 is 0 Å². The van der Waals surface area contributed by atoms with Gasteiger partial charge in [0.1, 0.15) is 22.7 Å². The average molecular weight is 517 g/mol. The van der Waals surface area contributed by atoms with E-state index in [1.807, 2.05) is 11.8 Å². The molecule has 8 nitrogen and oxygen atoms in total. The summed E-state index contributed by atoms with van der Waals surface area (Å²) in [5, 5.41) is 14.7. The Bertz CT molecular complexity index is 1630. The van der Waals surface area contributed by atoms with Gasteiger partial charge in [-0.3, -0.25) is 0 Å². The van der Waals surface area contributed by atoms with Crippen LogP contribution in [0.2, 0.25) is 0 Å². The lowest BCUT2D eigenvalue weighted by Crippen LogP contribution is -2.46. The summed E-state index contributed by atoms with van der Waals surface area (Å²) in [6.45, 7) is 7.03. The van der Waals surface area contributed by atoms with Crippen LogP contribution in [0.1, 0.15) is 37.3 Å². The molecule has 2 aliphatic heterocycles. The second kappa shape index (κ2) is 10.3. The molecule has 0 radical (unpaired) electrons. The minimum atomic E-state index is -0.641. The highest BCUT2D eigenvalue weighted by molar-refractivity contribution is 6.03. The second-order valence-electron chi connectivity index (χ2n) is 9.55. The molecule has 0 saturated carbocycles. The Hall–Kier alpha value is -4.16. The Kier molecular flexibility index (Phi) is 6.91. The maximum atomic E-state index is 14.5. The summed E-state index contributed by atoms with van der Waals surface area (Å²) < 4.78 is 25.6. The van der Waals surface area contributed by atoms with Crippen molar-refractivity contribution in [3.05, 3.63) is 51.6 Å². The van der Waals surface area contributed by atoms with Crippen molar-refractivity contribution in [2.45, 2.75) is 39.2 Å². The lowest BCUT2D eigenvalue weighted by Gasteiger charge is -2.40. The third-order valence-corrected chi connectivity index (χ3v) is 7.14. The minimum Gasteiger partial charge on any atom is -0.508 e. The van der Waals surface area contributed by atoms with Crippen LogP contribution in [0.15, 0.2) is 33.5 Å². The number of hydrogen-bond donors (Lipinski definition) is 2. The van der Waals surface area contributed by atoms with Crippen molar-refractivity contribution in [1.82, 2.24) is 15.3 Å². The van der Waals surface area contributed by atoms with E-state index in [2.05, 4.69) is 21.2 Å². The van der Waals surface area contributed by atoms with Crippen molar-refractivity contribution in [2.75, 3.05) is 31.6 Å². The number of aromatic nitrogens is 2. The zero-order chi connectivity index (χ0) is 27.0. The summed E-state index contributed by atoms with van der Waals surface area (Å²) in [5.74, 6) is 2.30. The highest BCUT2D eigenvalue weighted by atomic mass is 19.1. The first-order chi connectivity index (χ1) is 18.3. The molecular weight excluding hydrogens is 487 g/mol. The van der Waals surface area contributed by atoms with Crippen LogP contribution >= 0.6 is 0 Å². The van der Waals surface area contributed by atoms with Crippen LogP contribution in [0.25, 0.3) is 33.0 Å². The number of rotatable bonds is 3. The average Bonchev–Trinajstić information content (AvgIpc) is 3.49. The smallest absolute Gasteiger partial charge is 0.349 e. The number of methoxy groups -OCH3 is 1. The highest BCUT2D eigenvalue weighted by Gasteiger charge is 2.30. The summed E-state index contributed by atoms with van der Waals surface area (Å²) in [5.41, 5.74) is 0.541. The molecule has 196 valence electrons. The van der Waals surface area contributed by atoms with E-state index < -0.39 is 11.4 Å². The van der Waals surface area contributed by atoms with Gasteiger partial charge in [-0.1, -0.05) is 12.0 Å². The third kappa shape index (κ3) is 4.41. The van der Waals surface area contributed by atoms with Crippen LogP contribution in [-0.2, 0) is 0 Å². The van der Waals surface area contributed by atoms with Gasteiger partial charge >= 0.3 is 11.6 Å². The SMILES string of the molecule is C#Cc1c(F)ccc2cc(O)cc(-c3oc(=O)c4c(N5CCC5C)nc(OC)nc4c3C)c12.C1CCNC1. The van der Waals surface area contributed by atoms with Crippen molar-refractivity contribution < 1.29 is 18.7 Å². The molecule has 2 aromatic carbocycles. The Labute approximate surface area is 219 Å². The maximum absolute atomic E-state index is 14.5. The first-order valence-corrected chi connectivity index (χ1v) is 12.6. The van der Waals surface area contributed by atoms with Gasteiger partial charge in [0.15, 0.2) is 5.82 Å². The van der Waals surface area contributed by atoms with E-state index in [0.717, 1.165) is 13.0 Å². The number of nitrogens with zero attached hydrogens (tertiary/aromatic N) is 3. The second-order valence-corrected chi connectivity index (χ2v) is 9.55. The number of benzene rings is 2. The van der Waals surface area contributed by atoms with Gasteiger partial charge in [0.2, 0.25) is 0 Å². The van der Waals surface area contributed by atoms with Crippen LogP contribution < -0.4 is 20.6 Å². The molecule has 1 atom stereocenters. The van der Waals surface area contributed by atoms with Crippen molar-refractivity contribution in [1.29, 1.82) is 0 Å². The summed E-state index contributed by atoms with van der Waals surface area (Å²) in [7, 11) is 1.46. The number of terminal acetylenes is 1. The van der Waals surface area contributed by atoms with Gasteiger partial charge in [-0.2, -0.15) is 9.97 Å². The molecule has 0 spiro atoms. The fourth-order valence-electron chi connectivity index (χ4n) is 4.97. The molecule has 1 unspecified atom stereocenters. The number of fused-ring (bicyclic) bond motifs is 2. The van der Waals surface area contributed by atoms with Gasteiger partial charge in [0.25, 0.3) is 0 Å². The van der Waals surface area contributed by atoms with E-state index in [4.69, 9.17) is 15.6 Å². The molecule has 4 aromatic rings. The maximum Gasteiger partial charge on any atom is 0.349 e. The van der Waals surface area contributed by atoms with Gasteiger partial charge in [0, 0.05) is 29.1 Å². The number of aryl methyl sites for hydroxylation is 1. The Morgan fingerprint density at radius 2 is 2.00 bits per heavy atom. The largest absolute Gasteiger partial charge is 0.508 e. The molecule has 9 heteroatoms. The van der Waals surface area contributed by atoms with Crippen LogP contribution in [0.5, 0.6) is 11.8 Å². The Morgan fingerprint density at radius 1 is 1.24 bits per heavy atom. The normalized spacial score (nSPS) is 16.6. The van der Waals surface area contributed by atoms with E-state index in [0.29, 0.717) is 33.2 Å². The van der Waals surface area contributed by atoms with E-state index in [1.165, 1.54) is 57.3 Å². The van der Waals surface area contributed by atoms with Crippen LogP contribution in [0.4, 0.5) is 10.2 Å². The van der Waals surface area contributed by atoms with Crippen molar-refractivity contribution >= 4 is 27.5 Å². The molecule has 38 heavy (non-hydrogen) atoms. The Balaban J connectivity index is 0.000000529. The van der Waals surface area contributed by atoms with Gasteiger partial charge in [-0.15, -0.1) is 6.42 Å². The molecule has 2 N–H and O–H groups in total. The molecule has 2 aromatic heterocycles. The molecule has 6 rings (SSSR count). The molecule has 0 bridgehead atoms. The molecule has 0 aliphatic carbocycles.